The minimum atomic E-state index is -0.226. The highest BCUT2D eigenvalue weighted by atomic mass is 16.5. The summed E-state index contributed by atoms with van der Waals surface area (Å²) in [4.78, 5) is 24.6. The third kappa shape index (κ3) is 14.3. The molecule has 0 rings (SSSR count). The third-order valence-electron chi connectivity index (χ3n) is 4.81. The Labute approximate surface area is 171 Å². The molecule has 0 aromatic heterocycles. The van der Waals surface area contributed by atoms with Crippen LogP contribution in [0.2, 0.25) is 0 Å². The van der Waals surface area contributed by atoms with Gasteiger partial charge in [-0.15, -0.1) is 0 Å². The van der Waals surface area contributed by atoms with Crippen molar-refractivity contribution in [3.05, 3.63) is 0 Å². The van der Waals surface area contributed by atoms with Crippen LogP contribution in [0, 0.1) is 17.4 Å². The van der Waals surface area contributed by atoms with Crippen molar-refractivity contribution in [3.63, 3.8) is 0 Å². The molecule has 0 aliphatic carbocycles. The van der Waals surface area contributed by atoms with Crippen LogP contribution < -0.4 is 0 Å². The molecule has 0 N–H and O–H groups in total. The number of ether oxygens (including phenoxy) is 2. The number of rotatable bonds is 17. The summed E-state index contributed by atoms with van der Waals surface area (Å²) < 4.78 is 10.4. The summed E-state index contributed by atoms with van der Waals surface area (Å²) in [5.41, 5.74) is 0. The van der Waals surface area contributed by atoms with E-state index in [0.717, 1.165) is 70.8 Å². The fourth-order valence-corrected chi connectivity index (χ4v) is 3.17. The number of esters is 2. The van der Waals surface area contributed by atoms with Crippen molar-refractivity contribution < 1.29 is 19.1 Å². The molecule has 0 fully saturated rings. The zero-order valence-electron chi connectivity index (χ0n) is 18.4. The third-order valence-corrected chi connectivity index (χ3v) is 4.81. The molecular weight excluding hydrogens is 356 g/mol. The van der Waals surface area contributed by atoms with E-state index in [1.54, 1.807) is 4.90 Å². The first kappa shape index (κ1) is 26.2. The molecule has 6 heteroatoms. The Kier molecular flexibility index (Phi) is 16.2. The van der Waals surface area contributed by atoms with E-state index >= 15 is 0 Å². The lowest BCUT2D eigenvalue weighted by Gasteiger charge is -2.19. The average Bonchev–Trinajstić information content (AvgIpc) is 2.65. The van der Waals surface area contributed by atoms with Crippen LogP contribution in [0.1, 0.15) is 91.9 Å². The average molecular weight is 397 g/mol. The standard InChI is InChI=1S/C22H40N2O4/c1-5-7-9-14-21(28-20(4)25)15-12-17-24(18-23)16-11-8-10-13-19(3)22(26)27-6-2/h19,21H,5-17H2,1-4H3. The van der Waals surface area contributed by atoms with Gasteiger partial charge in [0.05, 0.1) is 12.5 Å². The summed E-state index contributed by atoms with van der Waals surface area (Å²) in [5.74, 6) is -0.406. The van der Waals surface area contributed by atoms with E-state index in [2.05, 4.69) is 13.1 Å². The predicted octanol–water partition coefficient (Wildman–Crippen LogP) is 4.82. The minimum Gasteiger partial charge on any atom is -0.466 e. The number of carbonyl (C=O) groups excluding carboxylic acids is 2. The van der Waals surface area contributed by atoms with Crippen molar-refractivity contribution in [1.82, 2.24) is 4.90 Å². The van der Waals surface area contributed by atoms with Crippen molar-refractivity contribution >= 4 is 11.9 Å². The summed E-state index contributed by atoms with van der Waals surface area (Å²) in [5, 5.41) is 9.32. The Bertz CT molecular complexity index is 462. The Morgan fingerprint density at radius 1 is 0.964 bits per heavy atom. The SMILES string of the molecule is CCCCCC(CCCN(C#N)CCCCCC(C)C(=O)OCC)OC(C)=O. The van der Waals surface area contributed by atoms with Crippen LogP contribution >= 0.6 is 0 Å². The van der Waals surface area contributed by atoms with Crippen molar-refractivity contribution in [1.29, 1.82) is 5.26 Å². The maximum atomic E-state index is 11.6. The first-order valence-electron chi connectivity index (χ1n) is 10.9. The minimum absolute atomic E-state index is 0.0334. The molecule has 0 amide bonds. The molecule has 0 heterocycles. The summed E-state index contributed by atoms with van der Waals surface area (Å²) in [6.45, 7) is 9.19. The summed E-state index contributed by atoms with van der Waals surface area (Å²) >= 11 is 0. The van der Waals surface area contributed by atoms with E-state index in [4.69, 9.17) is 9.47 Å². The van der Waals surface area contributed by atoms with Gasteiger partial charge in [-0.05, 0) is 45.4 Å². The highest BCUT2D eigenvalue weighted by molar-refractivity contribution is 5.71. The molecule has 2 unspecified atom stereocenters. The molecule has 0 radical (unpaired) electrons. The zero-order valence-corrected chi connectivity index (χ0v) is 18.4. The molecule has 0 aromatic rings. The molecule has 0 saturated heterocycles. The van der Waals surface area contributed by atoms with Gasteiger partial charge in [0.25, 0.3) is 0 Å². The number of nitrogens with zero attached hydrogens (tertiary/aromatic N) is 2. The van der Waals surface area contributed by atoms with Gasteiger partial charge in [-0.25, -0.2) is 0 Å². The van der Waals surface area contributed by atoms with Gasteiger partial charge in [0.2, 0.25) is 0 Å². The van der Waals surface area contributed by atoms with E-state index < -0.39 is 0 Å². The van der Waals surface area contributed by atoms with E-state index in [9.17, 15) is 14.9 Å². The van der Waals surface area contributed by atoms with Crippen LogP contribution in [0.25, 0.3) is 0 Å². The van der Waals surface area contributed by atoms with E-state index in [1.165, 1.54) is 6.92 Å². The summed E-state index contributed by atoms with van der Waals surface area (Å²) in [6.07, 6.45) is 11.9. The molecule has 0 aliphatic rings. The maximum absolute atomic E-state index is 11.6. The van der Waals surface area contributed by atoms with Gasteiger partial charge in [0.1, 0.15) is 6.10 Å². The van der Waals surface area contributed by atoms with Crippen LogP contribution in [0.15, 0.2) is 0 Å². The molecule has 0 saturated carbocycles. The van der Waals surface area contributed by atoms with Gasteiger partial charge in [-0.1, -0.05) is 39.5 Å². The second-order valence-corrected chi connectivity index (χ2v) is 7.46. The predicted molar refractivity (Wildman–Crippen MR) is 110 cm³/mol. The number of hydrogen-bond donors (Lipinski definition) is 0. The molecule has 0 aliphatic heterocycles. The first-order chi connectivity index (χ1) is 13.4. The Hall–Kier alpha value is -1.77. The number of hydrogen-bond acceptors (Lipinski definition) is 6. The second-order valence-electron chi connectivity index (χ2n) is 7.46. The number of carbonyl (C=O) groups is 2. The van der Waals surface area contributed by atoms with Crippen molar-refractivity contribution in [2.24, 2.45) is 5.92 Å². The maximum Gasteiger partial charge on any atom is 0.308 e. The molecule has 0 spiro atoms. The fourth-order valence-electron chi connectivity index (χ4n) is 3.17. The van der Waals surface area contributed by atoms with Crippen LogP contribution in [0.3, 0.4) is 0 Å². The number of nitriles is 1. The molecule has 0 aromatic carbocycles. The topological polar surface area (TPSA) is 79.6 Å². The molecule has 2 atom stereocenters. The Balaban J connectivity index is 3.99. The lowest BCUT2D eigenvalue weighted by molar-refractivity contribution is -0.148. The lowest BCUT2D eigenvalue weighted by Crippen LogP contribution is -2.23. The second kappa shape index (κ2) is 17.3. The van der Waals surface area contributed by atoms with E-state index in [0.29, 0.717) is 13.2 Å². The zero-order chi connectivity index (χ0) is 21.2. The van der Waals surface area contributed by atoms with Gasteiger partial charge in [0, 0.05) is 20.0 Å². The molecule has 6 nitrogen and oxygen atoms in total. The fraction of sp³-hybridized carbons (Fsp3) is 0.864. The normalized spacial score (nSPS) is 12.7. The van der Waals surface area contributed by atoms with Crippen molar-refractivity contribution in [3.8, 4) is 6.19 Å². The van der Waals surface area contributed by atoms with Crippen LogP contribution in [0.4, 0.5) is 0 Å². The van der Waals surface area contributed by atoms with Gasteiger partial charge >= 0.3 is 11.9 Å². The lowest BCUT2D eigenvalue weighted by atomic mass is 10.0. The molecule has 0 bridgehead atoms. The smallest absolute Gasteiger partial charge is 0.308 e. The van der Waals surface area contributed by atoms with Crippen LogP contribution in [-0.4, -0.2) is 42.6 Å². The quantitative estimate of drug-likeness (QED) is 0.152. The van der Waals surface area contributed by atoms with E-state index in [-0.39, 0.29) is 24.0 Å². The molecule has 28 heavy (non-hydrogen) atoms. The van der Waals surface area contributed by atoms with Gasteiger partial charge < -0.3 is 14.4 Å². The van der Waals surface area contributed by atoms with Crippen molar-refractivity contribution in [2.45, 2.75) is 98.0 Å². The number of unbranched alkanes of at least 4 members (excludes halogenated alkanes) is 4. The largest absolute Gasteiger partial charge is 0.466 e. The molecule has 162 valence electrons. The van der Waals surface area contributed by atoms with Crippen LogP contribution in [-0.2, 0) is 19.1 Å². The highest BCUT2D eigenvalue weighted by Gasteiger charge is 2.14. The van der Waals surface area contributed by atoms with Crippen molar-refractivity contribution in [2.75, 3.05) is 19.7 Å². The summed E-state index contributed by atoms with van der Waals surface area (Å²) in [6, 6.07) is 0. The summed E-state index contributed by atoms with van der Waals surface area (Å²) in [7, 11) is 0. The first-order valence-corrected chi connectivity index (χ1v) is 10.9. The van der Waals surface area contributed by atoms with Gasteiger partial charge in [0.15, 0.2) is 6.19 Å². The van der Waals surface area contributed by atoms with Gasteiger partial charge in [-0.2, -0.15) is 5.26 Å². The molecular formula is C22H40N2O4. The van der Waals surface area contributed by atoms with E-state index in [1.807, 2.05) is 13.8 Å². The highest BCUT2D eigenvalue weighted by Crippen LogP contribution is 2.14. The monoisotopic (exact) mass is 396 g/mol. The van der Waals surface area contributed by atoms with Crippen LogP contribution in [0.5, 0.6) is 0 Å². The van der Waals surface area contributed by atoms with Gasteiger partial charge in [-0.3, -0.25) is 9.59 Å². The Morgan fingerprint density at radius 3 is 2.21 bits per heavy atom. The Morgan fingerprint density at radius 2 is 1.61 bits per heavy atom.